The second kappa shape index (κ2) is 5.90. The lowest BCUT2D eigenvalue weighted by Gasteiger charge is -2.43. The molecule has 0 spiro atoms. The summed E-state index contributed by atoms with van der Waals surface area (Å²) in [4.78, 5) is 12.7. The van der Waals surface area contributed by atoms with E-state index in [2.05, 4.69) is 20.8 Å². The fourth-order valence-corrected chi connectivity index (χ4v) is 3.25. The van der Waals surface area contributed by atoms with E-state index in [1.54, 1.807) is 13.0 Å². The van der Waals surface area contributed by atoms with Crippen LogP contribution in [0, 0.1) is 17.0 Å². The molecule has 21 heavy (non-hydrogen) atoms. The van der Waals surface area contributed by atoms with E-state index in [0.29, 0.717) is 23.1 Å². The Morgan fingerprint density at radius 2 is 2.24 bits per heavy atom. The van der Waals surface area contributed by atoms with Gasteiger partial charge in [0.2, 0.25) is 0 Å². The van der Waals surface area contributed by atoms with Crippen molar-refractivity contribution in [2.24, 2.45) is 0 Å². The zero-order chi connectivity index (χ0) is 15.8. The summed E-state index contributed by atoms with van der Waals surface area (Å²) < 4.78 is 6.47. The van der Waals surface area contributed by atoms with Gasteiger partial charge in [0.1, 0.15) is 0 Å². The molecule has 1 heterocycles. The van der Waals surface area contributed by atoms with Crippen molar-refractivity contribution < 1.29 is 14.8 Å². The van der Waals surface area contributed by atoms with Crippen LogP contribution >= 0.6 is 15.9 Å². The third-order valence-electron chi connectivity index (χ3n) is 3.49. The lowest BCUT2D eigenvalue weighted by atomic mass is 10.0. The Kier molecular flexibility index (Phi) is 4.55. The number of aryl methyl sites for hydroxylation is 1. The fourth-order valence-electron chi connectivity index (χ4n) is 2.67. The monoisotopic (exact) mass is 358 g/mol. The number of rotatable bonds is 3. The molecule has 116 valence electrons. The maximum atomic E-state index is 11.0. The van der Waals surface area contributed by atoms with Gasteiger partial charge in [0.25, 0.3) is 5.69 Å². The van der Waals surface area contributed by atoms with Crippen molar-refractivity contribution in [1.82, 2.24) is 0 Å². The number of nitrogens with zero attached hydrogens (tertiary/aromatic N) is 2. The van der Waals surface area contributed by atoms with Crippen molar-refractivity contribution in [2.75, 3.05) is 24.6 Å². The first-order valence-corrected chi connectivity index (χ1v) is 7.51. The number of hydrogen-bond donors (Lipinski definition) is 1. The third-order valence-corrected chi connectivity index (χ3v) is 4.12. The predicted octanol–water partition coefficient (Wildman–Crippen LogP) is 2.64. The Morgan fingerprint density at radius 1 is 1.57 bits per heavy atom. The summed E-state index contributed by atoms with van der Waals surface area (Å²) in [5, 5.41) is 20.4. The second-order valence-electron chi connectivity index (χ2n) is 5.91. The van der Waals surface area contributed by atoms with Crippen molar-refractivity contribution in [3.05, 3.63) is 32.3 Å². The van der Waals surface area contributed by atoms with Gasteiger partial charge in [-0.15, -0.1) is 0 Å². The van der Waals surface area contributed by atoms with Gasteiger partial charge >= 0.3 is 0 Å². The lowest BCUT2D eigenvalue weighted by molar-refractivity contribution is -0.385. The second-order valence-corrected chi connectivity index (χ2v) is 6.76. The molecule has 0 amide bonds. The van der Waals surface area contributed by atoms with Crippen LogP contribution in [0.1, 0.15) is 19.4 Å². The van der Waals surface area contributed by atoms with E-state index in [-0.39, 0.29) is 28.9 Å². The molecular formula is C14H19BrN2O4. The van der Waals surface area contributed by atoms with Crippen LogP contribution in [0.25, 0.3) is 0 Å². The smallest absolute Gasteiger partial charge is 0.273 e. The highest BCUT2D eigenvalue weighted by Gasteiger charge is 2.34. The van der Waals surface area contributed by atoms with Crippen LogP contribution in [0.15, 0.2) is 16.6 Å². The first-order chi connectivity index (χ1) is 9.73. The Balaban J connectivity index is 2.37. The number of benzene rings is 1. The van der Waals surface area contributed by atoms with Crippen LogP contribution in [0.5, 0.6) is 0 Å². The van der Waals surface area contributed by atoms with Crippen LogP contribution < -0.4 is 4.90 Å². The van der Waals surface area contributed by atoms with Gasteiger partial charge < -0.3 is 14.7 Å². The molecule has 0 aliphatic carbocycles. The van der Waals surface area contributed by atoms with E-state index in [9.17, 15) is 15.2 Å². The minimum absolute atomic E-state index is 0.0521. The first kappa shape index (κ1) is 16.2. The molecule has 0 saturated carbocycles. The molecule has 1 atom stereocenters. The minimum Gasteiger partial charge on any atom is -0.394 e. The zero-order valence-electron chi connectivity index (χ0n) is 12.3. The summed E-state index contributed by atoms with van der Waals surface area (Å²) in [6.45, 7) is 6.81. The molecule has 0 aromatic heterocycles. The number of aliphatic hydroxyl groups is 1. The first-order valence-electron chi connectivity index (χ1n) is 6.71. The molecule has 0 bridgehead atoms. The van der Waals surface area contributed by atoms with E-state index < -0.39 is 0 Å². The number of nitro groups is 1. The van der Waals surface area contributed by atoms with Crippen LogP contribution in [0.4, 0.5) is 11.4 Å². The maximum absolute atomic E-state index is 11.0. The molecular weight excluding hydrogens is 340 g/mol. The van der Waals surface area contributed by atoms with E-state index in [0.717, 1.165) is 5.69 Å². The molecule has 1 unspecified atom stereocenters. The zero-order valence-corrected chi connectivity index (χ0v) is 13.9. The number of nitro benzene ring substituents is 1. The quantitative estimate of drug-likeness (QED) is 0.663. The van der Waals surface area contributed by atoms with Gasteiger partial charge in [0.05, 0.1) is 28.9 Å². The fraction of sp³-hybridized carbons (Fsp3) is 0.571. The van der Waals surface area contributed by atoms with Gasteiger partial charge in [-0.2, -0.15) is 0 Å². The highest BCUT2D eigenvalue weighted by Crippen LogP contribution is 2.35. The van der Waals surface area contributed by atoms with E-state index in [1.807, 2.05) is 13.8 Å². The van der Waals surface area contributed by atoms with Crippen molar-refractivity contribution in [3.8, 4) is 0 Å². The highest BCUT2D eigenvalue weighted by atomic mass is 79.9. The molecule has 1 aliphatic heterocycles. The SMILES string of the molecule is Cc1cc(N2CC(CO)OC(C)(C)C2)c(Br)cc1[N+](=O)[O-]. The molecule has 1 N–H and O–H groups in total. The number of ether oxygens (including phenoxy) is 1. The minimum atomic E-state index is -0.388. The van der Waals surface area contributed by atoms with Crippen molar-refractivity contribution in [3.63, 3.8) is 0 Å². The standard InChI is InChI=1S/C14H19BrN2O4/c1-9-4-13(11(15)5-12(9)17(19)20)16-6-10(7-18)21-14(2,3)8-16/h4-5,10,18H,6-8H2,1-3H3. The van der Waals surface area contributed by atoms with Crippen molar-refractivity contribution in [2.45, 2.75) is 32.5 Å². The largest absolute Gasteiger partial charge is 0.394 e. The average Bonchev–Trinajstić information content (AvgIpc) is 2.38. The summed E-state index contributed by atoms with van der Waals surface area (Å²) in [5.41, 5.74) is 1.20. The third kappa shape index (κ3) is 3.53. The molecule has 6 nitrogen and oxygen atoms in total. The van der Waals surface area contributed by atoms with E-state index in [4.69, 9.17) is 4.74 Å². The normalized spacial score (nSPS) is 21.4. The predicted molar refractivity (Wildman–Crippen MR) is 83.8 cm³/mol. The van der Waals surface area contributed by atoms with E-state index in [1.165, 1.54) is 6.07 Å². The average molecular weight is 359 g/mol. The Hall–Kier alpha value is -1.18. The van der Waals surface area contributed by atoms with Gasteiger partial charge in [-0.1, -0.05) is 0 Å². The number of halogens is 1. The summed E-state index contributed by atoms with van der Waals surface area (Å²) in [6.07, 6.45) is -0.267. The van der Waals surface area contributed by atoms with Crippen LogP contribution in [0.3, 0.4) is 0 Å². The van der Waals surface area contributed by atoms with Crippen LogP contribution in [-0.2, 0) is 4.74 Å². The molecule has 7 heteroatoms. The highest BCUT2D eigenvalue weighted by molar-refractivity contribution is 9.10. The van der Waals surface area contributed by atoms with Gasteiger partial charge in [-0.3, -0.25) is 10.1 Å². The molecule has 1 fully saturated rings. The lowest BCUT2D eigenvalue weighted by Crippen LogP contribution is -2.54. The summed E-state index contributed by atoms with van der Waals surface area (Å²) in [5.74, 6) is 0. The molecule has 1 aliphatic rings. The molecule has 2 rings (SSSR count). The molecule has 1 saturated heterocycles. The molecule has 1 aromatic rings. The Bertz CT molecular complexity index is 562. The van der Waals surface area contributed by atoms with Gasteiger partial charge in [0, 0.05) is 29.2 Å². The summed E-state index contributed by atoms with van der Waals surface area (Å²) >= 11 is 3.42. The number of morpholine rings is 1. The topological polar surface area (TPSA) is 75.8 Å². The van der Waals surface area contributed by atoms with Gasteiger partial charge in [-0.25, -0.2) is 0 Å². The number of anilines is 1. The molecule has 0 radical (unpaired) electrons. The van der Waals surface area contributed by atoms with Crippen molar-refractivity contribution in [1.29, 1.82) is 0 Å². The van der Waals surface area contributed by atoms with E-state index >= 15 is 0 Å². The van der Waals surface area contributed by atoms with Gasteiger partial charge in [0.15, 0.2) is 0 Å². The maximum Gasteiger partial charge on any atom is 0.273 e. The summed E-state index contributed by atoms with van der Waals surface area (Å²) in [6, 6.07) is 3.33. The van der Waals surface area contributed by atoms with Crippen LogP contribution in [-0.4, -0.2) is 41.4 Å². The summed E-state index contributed by atoms with van der Waals surface area (Å²) in [7, 11) is 0. The Labute approximate surface area is 132 Å². The number of hydrogen-bond acceptors (Lipinski definition) is 5. The van der Waals surface area contributed by atoms with Crippen molar-refractivity contribution >= 4 is 27.3 Å². The van der Waals surface area contributed by atoms with Gasteiger partial charge in [-0.05, 0) is 42.8 Å². The van der Waals surface area contributed by atoms with Crippen LogP contribution in [0.2, 0.25) is 0 Å². The number of aliphatic hydroxyl groups excluding tert-OH is 1. The Morgan fingerprint density at radius 3 is 2.81 bits per heavy atom. The molecule has 1 aromatic carbocycles.